The van der Waals surface area contributed by atoms with Crippen molar-refractivity contribution in [3.05, 3.63) is 48.6 Å². The van der Waals surface area contributed by atoms with Gasteiger partial charge in [-0.05, 0) is 51.4 Å². The van der Waals surface area contributed by atoms with Gasteiger partial charge >= 0.3 is 11.9 Å². The molecule has 0 heterocycles. The molecule has 0 aliphatic heterocycles. The summed E-state index contributed by atoms with van der Waals surface area (Å²) in [4.78, 5) is 36.7. The lowest BCUT2D eigenvalue weighted by Gasteiger charge is -2.34. The van der Waals surface area contributed by atoms with E-state index in [4.69, 9.17) is 14.2 Å². The normalized spacial score (nSPS) is 13.5. The first kappa shape index (κ1) is 50.3. The molecule has 53 heavy (non-hydrogen) atoms. The summed E-state index contributed by atoms with van der Waals surface area (Å²) in [7, 11) is 5.39. The Balaban J connectivity index is 4.32. The zero-order chi connectivity index (χ0) is 39.3. The Labute approximate surface area is 325 Å². The van der Waals surface area contributed by atoms with Crippen molar-refractivity contribution in [3.63, 3.8) is 0 Å². The number of esters is 2. The summed E-state index contributed by atoms with van der Waals surface area (Å²) in [5.41, 5.74) is 0. The summed E-state index contributed by atoms with van der Waals surface area (Å²) < 4.78 is 17.1. The van der Waals surface area contributed by atoms with Crippen LogP contribution in [0.1, 0.15) is 168 Å². The summed E-state index contributed by atoms with van der Waals surface area (Å²) in [5, 5.41) is 11.6. The number of unbranched alkanes of at least 4 members (excludes halogenated alkanes) is 15. The third kappa shape index (κ3) is 34.8. The molecule has 0 spiro atoms. The number of carbonyl (C=O) groups excluding carboxylic acids is 3. The van der Waals surface area contributed by atoms with Gasteiger partial charge in [-0.1, -0.05) is 146 Å². The van der Waals surface area contributed by atoms with Crippen LogP contribution < -0.4 is 5.11 Å². The van der Waals surface area contributed by atoms with Crippen molar-refractivity contribution in [1.82, 2.24) is 0 Å². The number of hydrogen-bond donors (Lipinski definition) is 0. The number of carboxylic acid groups (broad SMARTS) is 1. The fraction of sp³-hybridized carbons (Fsp3) is 0.756. The molecule has 0 rings (SSSR count). The number of quaternary nitrogens is 1. The molecule has 8 nitrogen and oxygen atoms in total. The minimum Gasteiger partial charge on any atom is -0.544 e. The highest BCUT2D eigenvalue weighted by atomic mass is 16.6. The summed E-state index contributed by atoms with van der Waals surface area (Å²) in [5.74, 6) is -1.75. The van der Waals surface area contributed by atoms with Gasteiger partial charge < -0.3 is 28.6 Å². The Bertz CT molecular complexity index is 1010. The zero-order valence-corrected chi connectivity index (χ0v) is 34.7. The molecule has 0 bridgehead atoms. The second-order valence-electron chi connectivity index (χ2n) is 15.2. The Morgan fingerprint density at radius 3 is 1.57 bits per heavy atom. The van der Waals surface area contributed by atoms with Gasteiger partial charge in [0.15, 0.2) is 6.10 Å². The number of nitrogens with zero attached hydrogens (tertiary/aromatic N) is 1. The van der Waals surface area contributed by atoms with Crippen LogP contribution in [0.25, 0.3) is 0 Å². The fourth-order valence-electron chi connectivity index (χ4n) is 5.94. The van der Waals surface area contributed by atoms with Gasteiger partial charge in [0.25, 0.3) is 0 Å². The number of hydrogen-bond acceptors (Lipinski definition) is 7. The van der Waals surface area contributed by atoms with Crippen molar-refractivity contribution >= 4 is 17.9 Å². The number of likely N-dealkylation sites (N-methyl/N-ethyl adjacent to an activating group) is 1. The molecule has 0 aromatic carbocycles. The van der Waals surface area contributed by atoms with E-state index < -0.39 is 18.1 Å². The lowest BCUT2D eigenvalue weighted by atomic mass is 10.1. The maximum absolute atomic E-state index is 12.7. The molecule has 2 atom stereocenters. The molecule has 0 aliphatic carbocycles. The molecule has 0 saturated heterocycles. The molecule has 0 N–H and O–H groups in total. The lowest BCUT2D eigenvalue weighted by Crippen LogP contribution is -2.55. The minimum atomic E-state index is -1.13. The molecule has 0 aliphatic rings. The molecule has 0 radical (unpaired) electrons. The Kier molecular flexibility index (Phi) is 34.4. The smallest absolute Gasteiger partial charge is 0.306 e. The number of ether oxygens (including phenoxy) is 3. The van der Waals surface area contributed by atoms with Gasteiger partial charge in [-0.3, -0.25) is 9.59 Å². The second kappa shape index (κ2) is 36.3. The molecule has 0 aromatic rings. The first-order valence-corrected chi connectivity index (χ1v) is 21.2. The summed E-state index contributed by atoms with van der Waals surface area (Å²) in [6.07, 6.45) is 41.4. The SMILES string of the molecule is CC/C=C/C/C=C/C/C=C/C/C=C/CCCCCCCCCC(=O)OC(COCCC(C(=O)[O-])[N+](C)(C)C)COC(=O)CCCCCCCCCCC. The standard InChI is InChI=1S/C45H79NO7/c1-6-8-10-12-14-16-17-18-19-20-21-22-23-24-25-26-28-30-32-34-36-44(48)53-41(39-51-38-37-42(45(49)50)46(3,4)5)40-52-43(47)35-33-31-29-27-15-13-11-9-7-2/h8,10,14,16,18-19,21-22,41-42H,6-7,9,11-13,15,17,20,23-40H2,1-5H3/b10-8+,16-14+,19-18+,22-21+. The van der Waals surface area contributed by atoms with Gasteiger partial charge in [0.2, 0.25) is 0 Å². The molecular weight excluding hydrogens is 666 g/mol. The number of aliphatic carboxylic acids is 1. The molecule has 8 heteroatoms. The topological polar surface area (TPSA) is 102 Å². The molecule has 0 fully saturated rings. The van der Waals surface area contributed by atoms with Crippen LogP contribution in [0.4, 0.5) is 0 Å². The van der Waals surface area contributed by atoms with E-state index in [1.54, 1.807) is 21.1 Å². The van der Waals surface area contributed by atoms with Gasteiger partial charge in [-0.2, -0.15) is 0 Å². The lowest BCUT2D eigenvalue weighted by molar-refractivity contribution is -0.889. The van der Waals surface area contributed by atoms with E-state index in [0.29, 0.717) is 12.8 Å². The van der Waals surface area contributed by atoms with Crippen molar-refractivity contribution < 1.29 is 38.2 Å². The Morgan fingerprint density at radius 1 is 0.585 bits per heavy atom. The van der Waals surface area contributed by atoms with Crippen molar-refractivity contribution in [1.29, 1.82) is 0 Å². The Morgan fingerprint density at radius 2 is 1.06 bits per heavy atom. The number of carbonyl (C=O) groups is 3. The first-order chi connectivity index (χ1) is 25.6. The van der Waals surface area contributed by atoms with E-state index in [9.17, 15) is 19.5 Å². The quantitative estimate of drug-likeness (QED) is 0.0270. The summed E-state index contributed by atoms with van der Waals surface area (Å²) in [6, 6.07) is -0.726. The molecule has 0 saturated carbocycles. The third-order valence-corrected chi connectivity index (χ3v) is 9.23. The van der Waals surface area contributed by atoms with Crippen molar-refractivity contribution in [2.75, 3.05) is 41.0 Å². The zero-order valence-electron chi connectivity index (χ0n) is 34.7. The molecule has 0 aromatic heterocycles. The fourth-order valence-corrected chi connectivity index (χ4v) is 5.94. The highest BCUT2D eigenvalue weighted by Gasteiger charge is 2.25. The van der Waals surface area contributed by atoms with Crippen LogP contribution in [0.5, 0.6) is 0 Å². The van der Waals surface area contributed by atoms with Crippen molar-refractivity contribution in [2.24, 2.45) is 0 Å². The highest BCUT2D eigenvalue weighted by molar-refractivity contribution is 5.70. The van der Waals surface area contributed by atoms with E-state index >= 15 is 0 Å². The van der Waals surface area contributed by atoms with E-state index in [-0.39, 0.29) is 42.7 Å². The van der Waals surface area contributed by atoms with Crippen LogP contribution in [0.3, 0.4) is 0 Å². The van der Waals surface area contributed by atoms with Crippen LogP contribution in [0.2, 0.25) is 0 Å². The van der Waals surface area contributed by atoms with Gasteiger partial charge in [0.1, 0.15) is 12.6 Å². The summed E-state index contributed by atoms with van der Waals surface area (Å²) >= 11 is 0. The predicted molar refractivity (Wildman–Crippen MR) is 217 cm³/mol. The number of carboxylic acids is 1. The number of rotatable bonds is 37. The van der Waals surface area contributed by atoms with E-state index in [0.717, 1.165) is 77.0 Å². The molecule has 2 unspecified atom stereocenters. The Hall–Kier alpha value is -2.71. The molecule has 0 amide bonds. The number of allylic oxidation sites excluding steroid dienone is 8. The van der Waals surface area contributed by atoms with Crippen LogP contribution in [-0.2, 0) is 28.6 Å². The maximum atomic E-state index is 12.7. The van der Waals surface area contributed by atoms with Crippen molar-refractivity contribution in [2.45, 2.75) is 180 Å². The largest absolute Gasteiger partial charge is 0.544 e. The first-order valence-electron chi connectivity index (χ1n) is 21.2. The van der Waals surface area contributed by atoms with Gasteiger partial charge in [-0.15, -0.1) is 0 Å². The van der Waals surface area contributed by atoms with Gasteiger partial charge in [0.05, 0.1) is 40.3 Å². The van der Waals surface area contributed by atoms with E-state index in [2.05, 4.69) is 62.5 Å². The third-order valence-electron chi connectivity index (χ3n) is 9.23. The van der Waals surface area contributed by atoms with Crippen LogP contribution in [-0.4, -0.2) is 75.5 Å². The van der Waals surface area contributed by atoms with Crippen molar-refractivity contribution in [3.8, 4) is 0 Å². The average molecular weight is 746 g/mol. The van der Waals surface area contributed by atoms with Gasteiger partial charge in [-0.25, -0.2) is 0 Å². The summed E-state index contributed by atoms with van der Waals surface area (Å²) in [6.45, 7) is 4.51. The molecular formula is C45H79NO7. The van der Waals surface area contributed by atoms with Crippen LogP contribution in [0, 0.1) is 0 Å². The highest BCUT2D eigenvalue weighted by Crippen LogP contribution is 2.14. The average Bonchev–Trinajstić information content (AvgIpc) is 3.11. The predicted octanol–water partition coefficient (Wildman–Crippen LogP) is 9.91. The van der Waals surface area contributed by atoms with E-state index in [1.165, 1.54) is 57.8 Å². The minimum absolute atomic E-state index is 0.0366. The van der Waals surface area contributed by atoms with E-state index in [1.807, 2.05) is 0 Å². The van der Waals surface area contributed by atoms with Gasteiger partial charge in [0, 0.05) is 19.3 Å². The maximum Gasteiger partial charge on any atom is 0.306 e. The second-order valence-corrected chi connectivity index (χ2v) is 15.2. The van der Waals surface area contributed by atoms with Crippen LogP contribution in [0.15, 0.2) is 48.6 Å². The molecule has 306 valence electrons. The monoisotopic (exact) mass is 746 g/mol. The van der Waals surface area contributed by atoms with Crippen LogP contribution >= 0.6 is 0 Å².